The minimum Gasteiger partial charge on any atom is -0.456 e. The van der Waals surface area contributed by atoms with Gasteiger partial charge in [0, 0.05) is 0 Å². The van der Waals surface area contributed by atoms with Crippen LogP contribution in [0.15, 0.2) is 36.4 Å². The number of rotatable bonds is 2. The van der Waals surface area contributed by atoms with E-state index in [2.05, 4.69) is 15.9 Å². The quantitative estimate of drug-likeness (QED) is 0.672. The molecule has 1 aromatic carbocycles. The summed E-state index contributed by atoms with van der Waals surface area (Å²) in [5, 5.41) is 10.4. The lowest BCUT2D eigenvalue weighted by Crippen LogP contribution is -2.58. The topological polar surface area (TPSA) is 46.5 Å². The summed E-state index contributed by atoms with van der Waals surface area (Å²) < 4.78 is 4.62. The standard InChI is InChI=1S/C15H17BrO3/c1-14(18)10-13(17)19-12(15(14,2)16)9-8-11-6-4-3-5-7-11/h3-9,12,18H,10H2,1-2H3. The molecule has 1 aromatic rings. The number of benzene rings is 1. The Kier molecular flexibility index (Phi) is 3.83. The van der Waals surface area contributed by atoms with Crippen LogP contribution >= 0.6 is 15.9 Å². The molecule has 19 heavy (non-hydrogen) atoms. The predicted molar refractivity (Wildman–Crippen MR) is 77.9 cm³/mol. The molecule has 1 fully saturated rings. The van der Waals surface area contributed by atoms with Crippen molar-refractivity contribution in [3.05, 3.63) is 42.0 Å². The molecule has 0 saturated carbocycles. The fourth-order valence-corrected chi connectivity index (χ4v) is 2.42. The average molecular weight is 325 g/mol. The van der Waals surface area contributed by atoms with Crippen LogP contribution in [0.1, 0.15) is 25.8 Å². The van der Waals surface area contributed by atoms with Crippen molar-refractivity contribution in [2.24, 2.45) is 0 Å². The molecular weight excluding hydrogens is 308 g/mol. The number of hydrogen-bond acceptors (Lipinski definition) is 3. The Hall–Kier alpha value is -1.13. The van der Waals surface area contributed by atoms with Gasteiger partial charge < -0.3 is 9.84 Å². The molecule has 0 radical (unpaired) electrons. The molecule has 0 bridgehead atoms. The van der Waals surface area contributed by atoms with Gasteiger partial charge in [-0.1, -0.05) is 52.3 Å². The summed E-state index contributed by atoms with van der Waals surface area (Å²) in [4.78, 5) is 11.6. The van der Waals surface area contributed by atoms with Gasteiger partial charge in [0.2, 0.25) is 0 Å². The SMILES string of the molecule is CC1(O)CC(=O)OC(C=Cc2ccccc2)C1(C)Br. The Morgan fingerprint density at radius 1 is 1.37 bits per heavy atom. The van der Waals surface area contributed by atoms with Gasteiger partial charge in [-0.3, -0.25) is 4.79 Å². The minimum absolute atomic E-state index is 0.00950. The number of carbonyl (C=O) groups is 1. The van der Waals surface area contributed by atoms with Gasteiger partial charge in [0.1, 0.15) is 6.10 Å². The van der Waals surface area contributed by atoms with Gasteiger partial charge in [-0.2, -0.15) is 0 Å². The molecule has 1 aliphatic rings. The van der Waals surface area contributed by atoms with E-state index in [4.69, 9.17) is 4.74 Å². The zero-order valence-corrected chi connectivity index (χ0v) is 12.6. The van der Waals surface area contributed by atoms with E-state index in [0.717, 1.165) is 5.56 Å². The van der Waals surface area contributed by atoms with Gasteiger partial charge in [-0.25, -0.2) is 0 Å². The van der Waals surface area contributed by atoms with Gasteiger partial charge in [-0.05, 0) is 25.5 Å². The molecule has 3 nitrogen and oxygen atoms in total. The first-order chi connectivity index (χ1) is 8.83. The Morgan fingerprint density at radius 3 is 2.63 bits per heavy atom. The van der Waals surface area contributed by atoms with Crippen LogP contribution in [-0.4, -0.2) is 27.1 Å². The van der Waals surface area contributed by atoms with E-state index in [9.17, 15) is 9.90 Å². The zero-order chi connectivity index (χ0) is 14.1. The number of esters is 1. The van der Waals surface area contributed by atoms with E-state index in [-0.39, 0.29) is 12.4 Å². The molecule has 0 aromatic heterocycles. The summed E-state index contributed by atoms with van der Waals surface area (Å²) in [7, 11) is 0. The van der Waals surface area contributed by atoms with Gasteiger partial charge in [0.05, 0.1) is 16.3 Å². The maximum Gasteiger partial charge on any atom is 0.309 e. The molecule has 1 aliphatic heterocycles. The highest BCUT2D eigenvalue weighted by Gasteiger charge is 2.53. The Labute approximate surface area is 121 Å². The third-order valence-corrected chi connectivity index (χ3v) is 4.90. The lowest BCUT2D eigenvalue weighted by molar-refractivity contribution is -0.168. The second kappa shape index (κ2) is 5.10. The van der Waals surface area contributed by atoms with Crippen molar-refractivity contribution in [3.8, 4) is 0 Å². The second-order valence-electron chi connectivity index (χ2n) is 5.21. The van der Waals surface area contributed by atoms with Crippen molar-refractivity contribution < 1.29 is 14.6 Å². The van der Waals surface area contributed by atoms with E-state index in [1.54, 1.807) is 13.0 Å². The summed E-state index contributed by atoms with van der Waals surface area (Å²) in [5.41, 5.74) is -0.124. The largest absolute Gasteiger partial charge is 0.456 e. The van der Waals surface area contributed by atoms with Crippen LogP contribution in [0.25, 0.3) is 6.08 Å². The maximum absolute atomic E-state index is 11.6. The van der Waals surface area contributed by atoms with Gasteiger partial charge in [0.15, 0.2) is 0 Å². The monoisotopic (exact) mass is 324 g/mol. The fourth-order valence-electron chi connectivity index (χ4n) is 2.04. The number of hydrogen-bond donors (Lipinski definition) is 1. The van der Waals surface area contributed by atoms with Crippen molar-refractivity contribution in [1.29, 1.82) is 0 Å². The number of alkyl halides is 1. The zero-order valence-electron chi connectivity index (χ0n) is 11.0. The molecule has 102 valence electrons. The molecule has 0 spiro atoms. The van der Waals surface area contributed by atoms with Crippen molar-refractivity contribution >= 4 is 28.0 Å². The van der Waals surface area contributed by atoms with E-state index < -0.39 is 16.0 Å². The molecule has 1 N–H and O–H groups in total. The van der Waals surface area contributed by atoms with Crippen LogP contribution in [0.5, 0.6) is 0 Å². The first-order valence-corrected chi connectivity index (χ1v) is 6.96. The normalized spacial score (nSPS) is 35.4. The molecule has 2 rings (SSSR count). The highest BCUT2D eigenvalue weighted by molar-refractivity contribution is 9.10. The second-order valence-corrected chi connectivity index (χ2v) is 6.85. The van der Waals surface area contributed by atoms with Crippen molar-refractivity contribution in [1.82, 2.24) is 0 Å². The molecule has 0 aliphatic carbocycles. The number of carbonyl (C=O) groups excluding carboxylic acids is 1. The van der Waals surface area contributed by atoms with Crippen LogP contribution in [0, 0.1) is 0 Å². The molecule has 1 heterocycles. The molecular formula is C15H17BrO3. The molecule has 1 saturated heterocycles. The van der Waals surface area contributed by atoms with Crippen molar-refractivity contribution in [3.63, 3.8) is 0 Å². The third-order valence-electron chi connectivity index (χ3n) is 3.60. The van der Waals surface area contributed by atoms with E-state index in [0.29, 0.717) is 0 Å². The molecule has 0 amide bonds. The van der Waals surface area contributed by atoms with Crippen molar-refractivity contribution in [2.75, 3.05) is 0 Å². The van der Waals surface area contributed by atoms with E-state index in [1.165, 1.54) is 0 Å². The van der Waals surface area contributed by atoms with Crippen LogP contribution in [0.3, 0.4) is 0 Å². The molecule has 4 heteroatoms. The summed E-state index contributed by atoms with van der Waals surface area (Å²) >= 11 is 3.50. The number of ether oxygens (including phenoxy) is 1. The predicted octanol–water partition coefficient (Wildman–Crippen LogP) is 2.92. The Morgan fingerprint density at radius 2 is 2.00 bits per heavy atom. The fraction of sp³-hybridized carbons (Fsp3) is 0.400. The Bertz CT molecular complexity index is 491. The minimum atomic E-state index is -1.14. The van der Waals surface area contributed by atoms with E-state index >= 15 is 0 Å². The van der Waals surface area contributed by atoms with Crippen molar-refractivity contribution in [2.45, 2.75) is 36.3 Å². The first kappa shape index (κ1) is 14.3. The highest BCUT2D eigenvalue weighted by Crippen LogP contribution is 2.42. The van der Waals surface area contributed by atoms with E-state index in [1.807, 2.05) is 43.3 Å². The number of cyclic esters (lactones) is 1. The van der Waals surface area contributed by atoms with Crippen LogP contribution in [0.2, 0.25) is 0 Å². The highest BCUT2D eigenvalue weighted by atomic mass is 79.9. The maximum atomic E-state index is 11.6. The summed E-state index contributed by atoms with van der Waals surface area (Å²) in [6.45, 7) is 3.48. The summed E-state index contributed by atoms with van der Waals surface area (Å²) in [6.07, 6.45) is 3.17. The van der Waals surface area contributed by atoms with Crippen LogP contribution in [-0.2, 0) is 9.53 Å². The molecule has 3 atom stereocenters. The number of aliphatic hydroxyl groups is 1. The average Bonchev–Trinajstić information content (AvgIpc) is 2.33. The molecule has 3 unspecified atom stereocenters. The smallest absolute Gasteiger partial charge is 0.309 e. The first-order valence-electron chi connectivity index (χ1n) is 6.17. The third kappa shape index (κ3) is 2.90. The van der Waals surface area contributed by atoms with Crippen LogP contribution in [0.4, 0.5) is 0 Å². The van der Waals surface area contributed by atoms with Crippen LogP contribution < -0.4 is 0 Å². The summed E-state index contributed by atoms with van der Waals surface area (Å²) in [6, 6.07) is 9.75. The van der Waals surface area contributed by atoms with Gasteiger partial charge >= 0.3 is 5.97 Å². The lowest BCUT2D eigenvalue weighted by atomic mass is 9.81. The number of halogens is 1. The summed E-state index contributed by atoms with van der Waals surface area (Å²) in [5.74, 6) is -0.385. The lowest BCUT2D eigenvalue weighted by Gasteiger charge is -2.45. The van der Waals surface area contributed by atoms with Gasteiger partial charge in [-0.15, -0.1) is 0 Å². The Balaban J connectivity index is 2.23. The van der Waals surface area contributed by atoms with Gasteiger partial charge in [0.25, 0.3) is 0 Å².